The molecule has 0 bridgehead atoms. The lowest BCUT2D eigenvalue weighted by molar-refractivity contribution is -0.549. The molecular formula is C33H41N10O4+. The van der Waals surface area contributed by atoms with Crippen molar-refractivity contribution in [2.24, 2.45) is 29.6 Å². The monoisotopic (exact) mass is 641 g/mol. The molecule has 0 spiro atoms. The Morgan fingerprint density at radius 3 is 2.36 bits per heavy atom. The van der Waals surface area contributed by atoms with Gasteiger partial charge in [0.15, 0.2) is 11.5 Å². The van der Waals surface area contributed by atoms with Crippen molar-refractivity contribution in [1.29, 1.82) is 5.41 Å². The van der Waals surface area contributed by atoms with E-state index in [1.165, 1.54) is 21.5 Å². The number of likely N-dealkylation sites (tertiary alicyclic amines) is 1. The Balaban J connectivity index is 1.39. The molecule has 0 saturated carbocycles. The summed E-state index contributed by atoms with van der Waals surface area (Å²) in [6, 6.07) is 8.29. The number of benzene rings is 1. The number of aromatic nitrogens is 4. The van der Waals surface area contributed by atoms with Gasteiger partial charge in [-0.3, -0.25) is 34.4 Å². The maximum absolute atomic E-state index is 13.4. The highest BCUT2D eigenvalue weighted by Crippen LogP contribution is 2.30. The summed E-state index contributed by atoms with van der Waals surface area (Å²) >= 11 is 0. The van der Waals surface area contributed by atoms with Crippen molar-refractivity contribution in [2.45, 2.75) is 46.6 Å². The van der Waals surface area contributed by atoms with Crippen molar-refractivity contribution in [1.82, 2.24) is 23.8 Å². The molecule has 246 valence electrons. The van der Waals surface area contributed by atoms with Gasteiger partial charge < -0.3 is 16.0 Å². The minimum atomic E-state index is -0.771. The fourth-order valence-corrected chi connectivity index (χ4v) is 5.90. The lowest BCUT2D eigenvalue weighted by atomic mass is 9.92. The minimum Gasteiger partial charge on any atom is -0.390 e. The number of anilines is 1. The van der Waals surface area contributed by atoms with Crippen LogP contribution in [0, 0.1) is 17.2 Å². The molecule has 0 atom stereocenters. The van der Waals surface area contributed by atoms with E-state index in [0.29, 0.717) is 24.5 Å². The van der Waals surface area contributed by atoms with E-state index in [4.69, 9.17) is 11.1 Å². The third-order valence-electron chi connectivity index (χ3n) is 8.44. The first-order chi connectivity index (χ1) is 22.4. The second kappa shape index (κ2) is 13.5. The number of nitrogens with one attached hydrogen (secondary N) is 2. The highest BCUT2D eigenvalue weighted by atomic mass is 16.2. The predicted molar refractivity (Wildman–Crippen MR) is 179 cm³/mol. The van der Waals surface area contributed by atoms with Gasteiger partial charge in [-0.2, -0.15) is 5.10 Å². The summed E-state index contributed by atoms with van der Waals surface area (Å²) in [7, 11) is 1.67. The fourth-order valence-electron chi connectivity index (χ4n) is 5.90. The van der Waals surface area contributed by atoms with E-state index < -0.39 is 17.2 Å². The van der Waals surface area contributed by atoms with Crippen LogP contribution in [-0.4, -0.2) is 60.9 Å². The van der Waals surface area contributed by atoms with Gasteiger partial charge in [0.1, 0.15) is 11.3 Å². The van der Waals surface area contributed by atoms with Crippen LogP contribution in [0.1, 0.15) is 62.5 Å². The number of quaternary nitrogens is 1. The number of hydrogen-bond acceptors (Lipinski definition) is 6. The van der Waals surface area contributed by atoms with E-state index in [1.807, 2.05) is 36.2 Å². The van der Waals surface area contributed by atoms with E-state index >= 15 is 0 Å². The average Bonchev–Trinajstić information content (AvgIpc) is 3.68. The minimum absolute atomic E-state index is 0.0306. The second-order valence-corrected chi connectivity index (χ2v) is 12.3. The molecule has 3 aromatic rings. The number of carbonyl (C=O) groups excluding carboxylic acids is 2. The molecule has 47 heavy (non-hydrogen) atoms. The zero-order valence-corrected chi connectivity index (χ0v) is 27.2. The summed E-state index contributed by atoms with van der Waals surface area (Å²) < 4.78 is 3.70. The van der Waals surface area contributed by atoms with E-state index in [-0.39, 0.29) is 41.0 Å². The number of allylic oxidation sites excluding steroid dienone is 3. The molecule has 1 saturated heterocycles. The molecule has 5 rings (SSSR count). The lowest BCUT2D eigenvalue weighted by Gasteiger charge is -2.32. The number of carbonyl (C=O) groups is 2. The maximum atomic E-state index is 13.4. The van der Waals surface area contributed by atoms with Gasteiger partial charge >= 0.3 is 5.69 Å². The van der Waals surface area contributed by atoms with Crippen LogP contribution >= 0.6 is 0 Å². The van der Waals surface area contributed by atoms with Gasteiger partial charge in [-0.25, -0.2) is 14.4 Å². The van der Waals surface area contributed by atoms with Crippen LogP contribution in [0.15, 0.2) is 74.8 Å². The van der Waals surface area contributed by atoms with Crippen molar-refractivity contribution in [2.75, 3.05) is 18.4 Å². The number of hydrogen-bond donors (Lipinski definition) is 4. The lowest BCUT2D eigenvalue weighted by Crippen LogP contribution is -2.81. The summed E-state index contributed by atoms with van der Waals surface area (Å²) in [5, 5.41) is 17.5. The van der Waals surface area contributed by atoms with Gasteiger partial charge in [-0.15, -0.1) is 0 Å². The predicted octanol–water partition coefficient (Wildman–Crippen LogP) is 1.60. The Labute approximate surface area is 271 Å². The fraction of sp³-hybridized carbons (Fsp3) is 0.364. The van der Waals surface area contributed by atoms with Gasteiger partial charge in [-0.1, -0.05) is 26.0 Å². The second-order valence-electron chi connectivity index (χ2n) is 12.3. The zero-order valence-electron chi connectivity index (χ0n) is 27.2. The van der Waals surface area contributed by atoms with E-state index in [2.05, 4.69) is 21.5 Å². The van der Waals surface area contributed by atoms with Crippen LogP contribution < -0.4 is 27.6 Å². The van der Waals surface area contributed by atoms with Crippen molar-refractivity contribution < 1.29 is 14.9 Å². The van der Waals surface area contributed by atoms with Crippen LogP contribution in [-0.2, 0) is 11.8 Å². The molecule has 1 aromatic carbocycles. The number of aliphatic imine (C=N–C) groups is 1. The Hall–Kier alpha value is -5.37. The highest BCUT2D eigenvalue weighted by molar-refractivity contribution is 6.06. The molecule has 0 radical (unpaired) electrons. The van der Waals surface area contributed by atoms with E-state index in [0.717, 1.165) is 40.6 Å². The van der Waals surface area contributed by atoms with Crippen molar-refractivity contribution in [3.63, 3.8) is 0 Å². The van der Waals surface area contributed by atoms with Gasteiger partial charge in [0.25, 0.3) is 11.5 Å². The Kier molecular flexibility index (Phi) is 9.51. The number of piperidine rings is 1. The smallest absolute Gasteiger partial charge is 0.337 e. The molecule has 2 aliphatic rings. The van der Waals surface area contributed by atoms with Crippen molar-refractivity contribution >= 4 is 35.2 Å². The molecule has 2 amide bonds. The quantitative estimate of drug-likeness (QED) is 0.213. The number of amides is 2. The standard InChI is InChI=1S/C33H40N10O4/c1-19(2)31(45)41-14-10-22(11-15-41)26-16-24(28(38-26)29(35)36-18-34)21-6-8-23(9-7-21)37-30(44)25-17-42(20(3)4)33(47)43(32(25)46)27-12-13-40(5)39-27/h6-9,12-13,16-20,22,38H,10-11,14-15H2,1-5H3,(H,37,44)(H3,34,35,36)/p+1. The molecule has 14 heteroatoms. The van der Waals surface area contributed by atoms with Gasteiger partial charge in [-0.05, 0) is 44.4 Å². The first kappa shape index (κ1) is 33.0. The summed E-state index contributed by atoms with van der Waals surface area (Å²) in [5.74, 6) is -0.149. The largest absolute Gasteiger partial charge is 0.390 e. The molecule has 2 aliphatic heterocycles. The number of amidine groups is 1. The summed E-state index contributed by atoms with van der Waals surface area (Å²) in [6.45, 7) is 8.77. The molecular weight excluding hydrogens is 600 g/mol. The van der Waals surface area contributed by atoms with Crippen molar-refractivity contribution in [3.05, 3.63) is 92.2 Å². The molecule has 2 aromatic heterocycles. The first-order valence-electron chi connectivity index (χ1n) is 15.6. The van der Waals surface area contributed by atoms with Crippen LogP contribution in [0.3, 0.4) is 0 Å². The third kappa shape index (κ3) is 6.77. The first-order valence-corrected chi connectivity index (χ1v) is 15.6. The molecule has 4 heterocycles. The average molecular weight is 642 g/mol. The SMILES string of the molecule is CC(C)C(=O)N1CCC(C2=CC(c3ccc(NC(=O)c4cn(C(C)C)c(=O)n(-c5ccn(C)n5)c4=O)cc3)=C(C(=N)N=CN)[NH2+]2)CC1. The summed E-state index contributed by atoms with van der Waals surface area (Å²) in [6.07, 6.45) is 7.70. The van der Waals surface area contributed by atoms with Gasteiger partial charge in [0.05, 0.1) is 11.9 Å². The summed E-state index contributed by atoms with van der Waals surface area (Å²) in [4.78, 5) is 58.4. The van der Waals surface area contributed by atoms with Crippen LogP contribution in [0.25, 0.3) is 11.4 Å². The molecule has 6 N–H and O–H groups in total. The number of rotatable bonds is 8. The highest BCUT2D eigenvalue weighted by Gasteiger charge is 2.34. The summed E-state index contributed by atoms with van der Waals surface area (Å²) in [5.41, 5.74) is 7.71. The Morgan fingerprint density at radius 2 is 1.79 bits per heavy atom. The molecule has 0 unspecified atom stereocenters. The zero-order chi connectivity index (χ0) is 34.0. The molecule has 14 nitrogen and oxygen atoms in total. The van der Waals surface area contributed by atoms with E-state index in [9.17, 15) is 19.2 Å². The van der Waals surface area contributed by atoms with Crippen molar-refractivity contribution in [3.8, 4) is 5.82 Å². The third-order valence-corrected chi connectivity index (χ3v) is 8.44. The Bertz CT molecular complexity index is 1920. The van der Waals surface area contributed by atoms with E-state index in [1.54, 1.807) is 39.2 Å². The Morgan fingerprint density at radius 1 is 1.11 bits per heavy atom. The molecule has 0 aliphatic carbocycles. The number of nitrogens with zero attached hydrogens (tertiary/aromatic N) is 6. The maximum Gasteiger partial charge on any atom is 0.337 e. The van der Waals surface area contributed by atoms with Crippen LogP contribution in [0.5, 0.6) is 0 Å². The molecule has 1 fully saturated rings. The topological polar surface area (TPSA) is 190 Å². The van der Waals surface area contributed by atoms with Gasteiger partial charge in [0.2, 0.25) is 11.7 Å². The normalized spacial score (nSPS) is 15.6. The van der Waals surface area contributed by atoms with Gasteiger partial charge in [0, 0.05) is 68.2 Å². The van der Waals surface area contributed by atoms with Crippen LogP contribution in [0.4, 0.5) is 5.69 Å². The number of aryl methyl sites for hydroxylation is 1. The number of nitrogens with two attached hydrogens (primary N) is 2. The van der Waals surface area contributed by atoms with Crippen LogP contribution in [0.2, 0.25) is 0 Å².